The van der Waals surface area contributed by atoms with Crippen LogP contribution < -0.4 is 4.74 Å². The van der Waals surface area contributed by atoms with Crippen molar-refractivity contribution < 1.29 is 23.0 Å². The Labute approximate surface area is 206 Å². The third-order valence-electron chi connectivity index (χ3n) is 6.46. The van der Waals surface area contributed by atoms with Crippen molar-refractivity contribution in [2.45, 2.75) is 18.9 Å². The molecular formula is C26H26F3N5O2. The number of aliphatic hydroxyl groups excluding tert-OH is 1. The molecule has 1 N–H and O–H groups in total. The smallest absolute Gasteiger partial charge is 0.433 e. The van der Waals surface area contributed by atoms with E-state index in [4.69, 9.17) is 4.74 Å². The van der Waals surface area contributed by atoms with E-state index in [0.29, 0.717) is 24.4 Å². The molecule has 2 aromatic carbocycles. The van der Waals surface area contributed by atoms with Crippen LogP contribution in [0.3, 0.4) is 0 Å². The third-order valence-corrected chi connectivity index (χ3v) is 6.46. The number of halogens is 3. The minimum absolute atomic E-state index is 0.0186. The molecule has 1 aliphatic rings. The standard InChI is InChI=1S/C26H26F3N5O2/c1-36-20-9-7-19(8-10-20)22-15-23(26(27,28)29)34-24(31-22)21(16-30-34)25(35)33-13-11-32(12-14-33)17-18-5-3-2-4-6-18/h2-10,15-16,25,35H,11-14,17H2,1H3. The van der Waals surface area contributed by atoms with Crippen molar-refractivity contribution in [3.8, 4) is 17.0 Å². The van der Waals surface area contributed by atoms with E-state index < -0.39 is 18.1 Å². The average molecular weight is 498 g/mol. The second-order valence-electron chi connectivity index (χ2n) is 8.76. The van der Waals surface area contributed by atoms with Crippen LogP contribution in [-0.2, 0) is 12.7 Å². The lowest BCUT2D eigenvalue weighted by molar-refractivity contribution is -0.142. The molecule has 2 aromatic heterocycles. The molecule has 0 amide bonds. The fraction of sp³-hybridized carbons (Fsp3) is 0.308. The lowest BCUT2D eigenvalue weighted by atomic mass is 10.1. The molecule has 0 radical (unpaired) electrons. The first-order chi connectivity index (χ1) is 17.3. The molecule has 1 saturated heterocycles. The number of benzene rings is 2. The molecule has 4 aromatic rings. The minimum atomic E-state index is -4.65. The fourth-order valence-electron chi connectivity index (χ4n) is 4.48. The van der Waals surface area contributed by atoms with Crippen molar-refractivity contribution in [2.24, 2.45) is 0 Å². The van der Waals surface area contributed by atoms with Gasteiger partial charge in [0.2, 0.25) is 0 Å². The molecule has 0 saturated carbocycles. The monoisotopic (exact) mass is 497 g/mol. The molecule has 7 nitrogen and oxygen atoms in total. The Bertz CT molecular complexity index is 1320. The summed E-state index contributed by atoms with van der Waals surface area (Å²) in [6, 6.07) is 17.7. The van der Waals surface area contributed by atoms with Crippen LogP contribution in [0.25, 0.3) is 16.9 Å². The van der Waals surface area contributed by atoms with Crippen molar-refractivity contribution in [3.63, 3.8) is 0 Å². The van der Waals surface area contributed by atoms with Gasteiger partial charge in [-0.15, -0.1) is 0 Å². The van der Waals surface area contributed by atoms with Gasteiger partial charge in [0.15, 0.2) is 11.3 Å². The van der Waals surface area contributed by atoms with Gasteiger partial charge in [0.05, 0.1) is 24.6 Å². The first-order valence-electron chi connectivity index (χ1n) is 11.6. The number of aromatic nitrogens is 3. The van der Waals surface area contributed by atoms with Gasteiger partial charge in [-0.2, -0.15) is 18.3 Å². The third kappa shape index (κ3) is 4.92. The van der Waals surface area contributed by atoms with Crippen molar-refractivity contribution in [3.05, 3.63) is 83.7 Å². The Morgan fingerprint density at radius 3 is 2.33 bits per heavy atom. The molecular weight excluding hydrogens is 471 g/mol. The molecule has 0 spiro atoms. The van der Waals surface area contributed by atoms with Crippen LogP contribution >= 0.6 is 0 Å². The Hall–Kier alpha value is -3.47. The SMILES string of the molecule is COc1ccc(-c2cc(C(F)(F)F)n3ncc(C(O)N4CCN(Cc5ccccc5)CC4)c3n2)cc1. The number of methoxy groups -OCH3 is 1. The summed E-state index contributed by atoms with van der Waals surface area (Å²) in [5.74, 6) is 0.586. The van der Waals surface area contributed by atoms with Gasteiger partial charge in [-0.1, -0.05) is 30.3 Å². The topological polar surface area (TPSA) is 66.1 Å². The zero-order valence-electron chi connectivity index (χ0n) is 19.7. The lowest BCUT2D eigenvalue weighted by Crippen LogP contribution is -2.47. The second-order valence-corrected chi connectivity index (χ2v) is 8.76. The maximum absolute atomic E-state index is 13.9. The van der Waals surface area contributed by atoms with Crippen LogP contribution in [0.2, 0.25) is 0 Å². The van der Waals surface area contributed by atoms with E-state index in [9.17, 15) is 18.3 Å². The average Bonchev–Trinajstić information content (AvgIpc) is 3.32. The summed E-state index contributed by atoms with van der Waals surface area (Å²) in [6.45, 7) is 3.39. The highest BCUT2D eigenvalue weighted by Gasteiger charge is 2.36. The highest BCUT2D eigenvalue weighted by atomic mass is 19.4. The van der Waals surface area contributed by atoms with Gasteiger partial charge >= 0.3 is 6.18 Å². The molecule has 1 aliphatic heterocycles. The summed E-state index contributed by atoms with van der Waals surface area (Å²) in [5, 5.41) is 15.1. The van der Waals surface area contributed by atoms with Crippen LogP contribution in [0.15, 0.2) is 66.9 Å². The van der Waals surface area contributed by atoms with Gasteiger partial charge in [0.1, 0.15) is 12.0 Å². The van der Waals surface area contributed by atoms with Gasteiger partial charge < -0.3 is 9.84 Å². The number of ether oxygens (including phenoxy) is 1. The Balaban J connectivity index is 1.42. The first kappa shape index (κ1) is 24.2. The maximum Gasteiger partial charge on any atom is 0.433 e. The summed E-state index contributed by atoms with van der Waals surface area (Å²) >= 11 is 0. The summed E-state index contributed by atoms with van der Waals surface area (Å²) in [7, 11) is 1.52. The predicted octanol–water partition coefficient (Wildman–Crippen LogP) is 4.23. The van der Waals surface area contributed by atoms with Crippen molar-refractivity contribution in [1.82, 2.24) is 24.4 Å². The summed E-state index contributed by atoms with van der Waals surface area (Å²) in [5.41, 5.74) is 1.12. The van der Waals surface area contributed by atoms with E-state index in [1.165, 1.54) is 18.9 Å². The lowest BCUT2D eigenvalue weighted by Gasteiger charge is -2.37. The zero-order valence-corrected chi connectivity index (χ0v) is 19.7. The molecule has 0 aliphatic carbocycles. The predicted molar refractivity (Wildman–Crippen MR) is 128 cm³/mol. The summed E-state index contributed by atoms with van der Waals surface area (Å²) in [4.78, 5) is 8.61. The molecule has 5 rings (SSSR count). The van der Waals surface area contributed by atoms with Gasteiger partial charge in [-0.05, 0) is 35.9 Å². The molecule has 3 heterocycles. The Kier molecular flexibility index (Phi) is 6.65. The maximum atomic E-state index is 13.9. The number of rotatable bonds is 6. The zero-order chi connectivity index (χ0) is 25.3. The molecule has 10 heteroatoms. The van der Waals surface area contributed by atoms with Crippen molar-refractivity contribution >= 4 is 5.65 Å². The number of fused-ring (bicyclic) bond motifs is 1. The van der Waals surface area contributed by atoms with Crippen LogP contribution in [0.4, 0.5) is 13.2 Å². The van der Waals surface area contributed by atoms with Gasteiger partial charge in [0, 0.05) is 38.3 Å². The minimum Gasteiger partial charge on any atom is -0.497 e. The molecule has 188 valence electrons. The van der Waals surface area contributed by atoms with E-state index in [0.717, 1.165) is 30.2 Å². The largest absolute Gasteiger partial charge is 0.497 e. The highest BCUT2D eigenvalue weighted by molar-refractivity contribution is 5.65. The van der Waals surface area contributed by atoms with Crippen LogP contribution in [0.5, 0.6) is 5.75 Å². The molecule has 36 heavy (non-hydrogen) atoms. The highest BCUT2D eigenvalue weighted by Crippen LogP contribution is 2.34. The molecule has 1 fully saturated rings. The van der Waals surface area contributed by atoms with E-state index in [1.54, 1.807) is 24.3 Å². The Morgan fingerprint density at radius 2 is 1.69 bits per heavy atom. The molecule has 1 atom stereocenters. The van der Waals surface area contributed by atoms with Gasteiger partial charge in [-0.25, -0.2) is 9.50 Å². The first-order valence-corrected chi connectivity index (χ1v) is 11.6. The molecule has 0 bridgehead atoms. The number of nitrogens with zero attached hydrogens (tertiary/aromatic N) is 5. The van der Waals surface area contributed by atoms with Crippen LogP contribution in [0, 0.1) is 0 Å². The van der Waals surface area contributed by atoms with Gasteiger partial charge in [0.25, 0.3) is 0 Å². The van der Waals surface area contributed by atoms with Crippen molar-refractivity contribution in [2.75, 3.05) is 33.3 Å². The Morgan fingerprint density at radius 1 is 1.00 bits per heavy atom. The number of hydrogen-bond donors (Lipinski definition) is 1. The van der Waals surface area contributed by atoms with Crippen LogP contribution in [-0.4, -0.2) is 62.8 Å². The second kappa shape index (κ2) is 9.88. The van der Waals surface area contributed by atoms with Crippen molar-refractivity contribution in [1.29, 1.82) is 0 Å². The number of aliphatic hydroxyl groups is 1. The van der Waals surface area contributed by atoms with E-state index in [1.807, 2.05) is 23.1 Å². The van der Waals surface area contributed by atoms with Gasteiger partial charge in [-0.3, -0.25) is 9.80 Å². The van der Waals surface area contributed by atoms with Crippen LogP contribution in [0.1, 0.15) is 23.0 Å². The quantitative estimate of drug-likeness (QED) is 0.430. The summed E-state index contributed by atoms with van der Waals surface area (Å²) in [6.07, 6.45) is -4.50. The normalized spacial score (nSPS) is 16.4. The molecule has 1 unspecified atom stereocenters. The van der Waals surface area contributed by atoms with E-state index >= 15 is 0 Å². The number of alkyl halides is 3. The number of hydrogen-bond acceptors (Lipinski definition) is 6. The fourth-order valence-corrected chi connectivity index (χ4v) is 4.48. The van der Waals surface area contributed by atoms with E-state index in [2.05, 4.69) is 27.1 Å². The number of piperazine rings is 1. The van der Waals surface area contributed by atoms with E-state index in [-0.39, 0.29) is 16.9 Å². The summed E-state index contributed by atoms with van der Waals surface area (Å²) < 4.78 is 47.7.